The molecule has 3 aromatic heterocycles. The van der Waals surface area contributed by atoms with E-state index < -0.39 is 0 Å². The molecule has 0 bridgehead atoms. The van der Waals surface area contributed by atoms with E-state index in [0.717, 1.165) is 77.9 Å². The Bertz CT molecular complexity index is 2820. The zero-order chi connectivity index (χ0) is 34.4. The van der Waals surface area contributed by atoms with Crippen molar-refractivity contribution in [1.82, 2.24) is 24.5 Å². The summed E-state index contributed by atoms with van der Waals surface area (Å²) in [6, 6.07) is 59.8. The lowest BCUT2D eigenvalue weighted by molar-refractivity contribution is 0.669. The second-order valence-corrected chi connectivity index (χ2v) is 12.7. The molecule has 0 amide bonds. The van der Waals surface area contributed by atoms with Gasteiger partial charge in [-0.3, -0.25) is 4.57 Å². The number of imidazole rings is 1. The number of rotatable bonds is 6. The molecule has 0 radical (unpaired) electrons. The van der Waals surface area contributed by atoms with Crippen LogP contribution in [0.25, 0.3) is 95.3 Å². The normalized spacial score (nSPS) is 11.5. The SMILES string of the molecule is c1ccc(-c2nc(-c3ccccc3)nc(-c3ccc4oc5cccc(-c6ccc(-n7c(-c8ccccc8)nc8ccccc87)cc6)c5c4c3)n2)cc1. The van der Waals surface area contributed by atoms with Gasteiger partial charge in [-0.1, -0.05) is 127 Å². The van der Waals surface area contributed by atoms with Crippen molar-refractivity contribution in [3.8, 4) is 62.4 Å². The zero-order valence-corrected chi connectivity index (χ0v) is 27.9. The van der Waals surface area contributed by atoms with Crippen LogP contribution in [0, 0.1) is 0 Å². The van der Waals surface area contributed by atoms with Crippen molar-refractivity contribution in [2.45, 2.75) is 0 Å². The molecule has 10 aromatic rings. The van der Waals surface area contributed by atoms with E-state index in [4.69, 9.17) is 24.4 Å². The Balaban J connectivity index is 1.10. The lowest BCUT2D eigenvalue weighted by Gasteiger charge is -2.11. The molecule has 0 aliphatic heterocycles. The van der Waals surface area contributed by atoms with Gasteiger partial charge in [-0.2, -0.15) is 0 Å². The van der Waals surface area contributed by atoms with Crippen molar-refractivity contribution >= 4 is 33.0 Å². The highest BCUT2D eigenvalue weighted by atomic mass is 16.3. The van der Waals surface area contributed by atoms with Crippen molar-refractivity contribution in [2.75, 3.05) is 0 Å². The molecule has 6 nitrogen and oxygen atoms in total. The van der Waals surface area contributed by atoms with Crippen LogP contribution >= 0.6 is 0 Å². The lowest BCUT2D eigenvalue weighted by Crippen LogP contribution is -2.00. The summed E-state index contributed by atoms with van der Waals surface area (Å²) in [5.74, 6) is 2.77. The molecule has 0 fully saturated rings. The van der Waals surface area contributed by atoms with Gasteiger partial charge in [0.1, 0.15) is 17.0 Å². The van der Waals surface area contributed by atoms with Gasteiger partial charge in [0.2, 0.25) is 0 Å². The second kappa shape index (κ2) is 12.3. The molecule has 0 saturated heterocycles. The predicted octanol–water partition coefficient (Wildman–Crippen LogP) is 11.4. The van der Waals surface area contributed by atoms with Crippen LogP contribution in [0.3, 0.4) is 0 Å². The fourth-order valence-corrected chi connectivity index (χ4v) is 7.00. The first-order chi connectivity index (χ1) is 25.8. The molecule has 0 spiro atoms. The van der Waals surface area contributed by atoms with E-state index in [0.29, 0.717) is 17.5 Å². The minimum absolute atomic E-state index is 0.604. The van der Waals surface area contributed by atoms with Gasteiger partial charge in [-0.15, -0.1) is 0 Å². The lowest BCUT2D eigenvalue weighted by atomic mass is 9.98. The number of furan rings is 1. The third kappa shape index (κ3) is 5.13. The molecule has 244 valence electrons. The Morgan fingerprint density at radius 1 is 0.404 bits per heavy atom. The Morgan fingerprint density at radius 2 is 0.981 bits per heavy atom. The summed E-state index contributed by atoms with van der Waals surface area (Å²) in [6.07, 6.45) is 0. The van der Waals surface area contributed by atoms with Crippen LogP contribution in [0.2, 0.25) is 0 Å². The predicted molar refractivity (Wildman–Crippen MR) is 209 cm³/mol. The highest BCUT2D eigenvalue weighted by Crippen LogP contribution is 2.39. The van der Waals surface area contributed by atoms with E-state index in [-0.39, 0.29) is 0 Å². The highest BCUT2D eigenvalue weighted by Gasteiger charge is 2.18. The van der Waals surface area contributed by atoms with Crippen LogP contribution in [0.1, 0.15) is 0 Å². The van der Waals surface area contributed by atoms with Crippen LogP contribution < -0.4 is 0 Å². The van der Waals surface area contributed by atoms with Crippen molar-refractivity contribution in [3.63, 3.8) is 0 Å². The summed E-state index contributed by atoms with van der Waals surface area (Å²) >= 11 is 0. The maximum Gasteiger partial charge on any atom is 0.164 e. The molecule has 0 N–H and O–H groups in total. The number of benzene rings is 7. The average molecular weight is 668 g/mol. The summed E-state index contributed by atoms with van der Waals surface area (Å²) in [4.78, 5) is 19.8. The van der Waals surface area contributed by atoms with Crippen molar-refractivity contribution in [3.05, 3.63) is 176 Å². The molecule has 0 unspecified atom stereocenters. The molecule has 0 aliphatic rings. The van der Waals surface area contributed by atoms with E-state index in [9.17, 15) is 0 Å². The van der Waals surface area contributed by atoms with Gasteiger partial charge in [0, 0.05) is 38.7 Å². The standard InChI is InChI=1S/C46H29N5O/c1-4-13-31(14-5-1)43-48-44(32-15-6-2-7-16-32)50-45(49-43)34-25-28-40-37(29-34)42-36(19-12-22-41(42)52-40)30-23-26-35(27-24-30)51-39-21-11-10-20-38(39)47-46(51)33-17-8-3-9-18-33/h1-29H. The summed E-state index contributed by atoms with van der Waals surface area (Å²) in [7, 11) is 0. The highest BCUT2D eigenvalue weighted by molar-refractivity contribution is 6.13. The zero-order valence-electron chi connectivity index (χ0n) is 27.9. The van der Waals surface area contributed by atoms with Gasteiger partial charge in [0.05, 0.1) is 11.0 Å². The Hall–Kier alpha value is -7.18. The third-order valence-corrected chi connectivity index (χ3v) is 9.48. The molecule has 10 rings (SSSR count). The summed E-state index contributed by atoms with van der Waals surface area (Å²) < 4.78 is 8.65. The van der Waals surface area contributed by atoms with Gasteiger partial charge < -0.3 is 4.42 Å². The van der Waals surface area contributed by atoms with Gasteiger partial charge in [-0.25, -0.2) is 19.9 Å². The molecular formula is C46H29N5O. The van der Waals surface area contributed by atoms with E-state index in [1.54, 1.807) is 0 Å². The minimum atomic E-state index is 0.604. The molecule has 52 heavy (non-hydrogen) atoms. The van der Waals surface area contributed by atoms with Crippen molar-refractivity contribution < 1.29 is 4.42 Å². The monoisotopic (exact) mass is 667 g/mol. The molecule has 0 aliphatic carbocycles. The first-order valence-corrected chi connectivity index (χ1v) is 17.2. The summed E-state index contributed by atoms with van der Waals surface area (Å²) in [5, 5.41) is 2.05. The summed E-state index contributed by atoms with van der Waals surface area (Å²) in [6.45, 7) is 0. The number of aromatic nitrogens is 5. The maximum atomic E-state index is 6.42. The Labute approximate surface area is 299 Å². The van der Waals surface area contributed by atoms with E-state index in [1.807, 2.05) is 91.0 Å². The third-order valence-electron chi connectivity index (χ3n) is 9.48. The van der Waals surface area contributed by atoms with Crippen LogP contribution in [-0.4, -0.2) is 24.5 Å². The van der Waals surface area contributed by atoms with Gasteiger partial charge >= 0.3 is 0 Å². The fraction of sp³-hybridized carbons (Fsp3) is 0. The Morgan fingerprint density at radius 3 is 1.65 bits per heavy atom. The van der Waals surface area contributed by atoms with E-state index >= 15 is 0 Å². The van der Waals surface area contributed by atoms with E-state index in [2.05, 4.69) is 89.5 Å². The number of fused-ring (bicyclic) bond motifs is 4. The molecule has 0 saturated carbocycles. The quantitative estimate of drug-likeness (QED) is 0.176. The fourth-order valence-electron chi connectivity index (χ4n) is 7.00. The number of nitrogens with zero attached hydrogens (tertiary/aromatic N) is 5. The molecule has 3 heterocycles. The molecule has 0 atom stereocenters. The van der Waals surface area contributed by atoms with Gasteiger partial charge in [0.15, 0.2) is 17.5 Å². The van der Waals surface area contributed by atoms with Gasteiger partial charge in [0.25, 0.3) is 0 Å². The van der Waals surface area contributed by atoms with Crippen LogP contribution in [-0.2, 0) is 0 Å². The smallest absolute Gasteiger partial charge is 0.164 e. The maximum absolute atomic E-state index is 6.42. The topological polar surface area (TPSA) is 69.6 Å². The number of para-hydroxylation sites is 2. The average Bonchev–Trinajstić information content (AvgIpc) is 3.80. The second-order valence-electron chi connectivity index (χ2n) is 12.7. The number of hydrogen-bond acceptors (Lipinski definition) is 5. The van der Waals surface area contributed by atoms with Crippen molar-refractivity contribution in [1.29, 1.82) is 0 Å². The first-order valence-electron chi connectivity index (χ1n) is 17.2. The van der Waals surface area contributed by atoms with Crippen molar-refractivity contribution in [2.24, 2.45) is 0 Å². The largest absolute Gasteiger partial charge is 0.456 e. The molecule has 7 aromatic carbocycles. The van der Waals surface area contributed by atoms with Gasteiger partial charge in [-0.05, 0) is 59.7 Å². The molecular weight excluding hydrogens is 639 g/mol. The van der Waals surface area contributed by atoms with E-state index in [1.165, 1.54) is 0 Å². The first kappa shape index (κ1) is 29.7. The number of hydrogen-bond donors (Lipinski definition) is 0. The van der Waals surface area contributed by atoms with Crippen LogP contribution in [0.5, 0.6) is 0 Å². The summed E-state index contributed by atoms with van der Waals surface area (Å²) in [5.41, 5.74) is 10.7. The minimum Gasteiger partial charge on any atom is -0.456 e. The van der Waals surface area contributed by atoms with Crippen LogP contribution in [0.4, 0.5) is 0 Å². The van der Waals surface area contributed by atoms with Crippen LogP contribution in [0.15, 0.2) is 180 Å². The Kier molecular flexibility index (Phi) is 7.03. The molecule has 6 heteroatoms.